The summed E-state index contributed by atoms with van der Waals surface area (Å²) in [5, 5.41) is 0.709. The lowest BCUT2D eigenvalue weighted by atomic mass is 10.2. The average Bonchev–Trinajstić information content (AvgIpc) is 2.91. The van der Waals surface area contributed by atoms with E-state index < -0.39 is 0 Å². The number of aryl methyl sites for hydroxylation is 2. The number of hydrogen-bond acceptors (Lipinski definition) is 5. The lowest BCUT2D eigenvalue weighted by Gasteiger charge is -2.35. The quantitative estimate of drug-likeness (QED) is 0.768. The standard InChI is InChI=1S/C19H21FN4OS/c1-12-13(2)26-19-17(12)18(25)21-16(22-19)11-23-7-9-24(10-8-23)15-6-4-3-5-14(15)20/h3-6H,7-11H2,1-2H3,(H,21,22,25). The highest BCUT2D eigenvalue weighted by Crippen LogP contribution is 2.26. The van der Waals surface area contributed by atoms with Gasteiger partial charge in [0.15, 0.2) is 0 Å². The predicted octanol–water partition coefficient (Wildman–Crippen LogP) is 3.06. The Morgan fingerprint density at radius 3 is 2.65 bits per heavy atom. The van der Waals surface area contributed by atoms with Crippen molar-refractivity contribution in [3.05, 3.63) is 56.7 Å². The summed E-state index contributed by atoms with van der Waals surface area (Å²) >= 11 is 1.57. The molecule has 26 heavy (non-hydrogen) atoms. The van der Waals surface area contributed by atoms with E-state index in [9.17, 15) is 9.18 Å². The van der Waals surface area contributed by atoms with Crippen molar-refractivity contribution in [3.8, 4) is 0 Å². The van der Waals surface area contributed by atoms with Crippen LogP contribution in [0.1, 0.15) is 16.3 Å². The van der Waals surface area contributed by atoms with Gasteiger partial charge in [-0.15, -0.1) is 11.3 Å². The fourth-order valence-corrected chi connectivity index (χ4v) is 4.49. The van der Waals surface area contributed by atoms with Crippen molar-refractivity contribution >= 4 is 27.2 Å². The molecule has 3 heterocycles. The minimum absolute atomic E-state index is 0.0585. The number of hydrogen-bond donors (Lipinski definition) is 1. The van der Waals surface area contributed by atoms with Gasteiger partial charge in [0.1, 0.15) is 16.5 Å². The van der Waals surface area contributed by atoms with Crippen molar-refractivity contribution in [2.75, 3.05) is 31.1 Å². The van der Waals surface area contributed by atoms with E-state index in [2.05, 4.69) is 19.8 Å². The van der Waals surface area contributed by atoms with E-state index in [-0.39, 0.29) is 11.4 Å². The molecule has 1 aliphatic heterocycles. The zero-order valence-electron chi connectivity index (χ0n) is 14.9. The van der Waals surface area contributed by atoms with Crippen molar-refractivity contribution in [2.45, 2.75) is 20.4 Å². The van der Waals surface area contributed by atoms with Gasteiger partial charge >= 0.3 is 0 Å². The molecule has 1 saturated heterocycles. The van der Waals surface area contributed by atoms with Gasteiger partial charge in [-0.25, -0.2) is 9.37 Å². The maximum atomic E-state index is 13.9. The van der Waals surface area contributed by atoms with E-state index >= 15 is 0 Å². The minimum Gasteiger partial charge on any atom is -0.367 e. The Bertz CT molecular complexity index is 1000. The summed E-state index contributed by atoms with van der Waals surface area (Å²) in [6.45, 7) is 7.70. The molecule has 0 atom stereocenters. The number of aromatic nitrogens is 2. The second-order valence-corrected chi connectivity index (χ2v) is 7.89. The summed E-state index contributed by atoms with van der Waals surface area (Å²) in [5.41, 5.74) is 1.62. The number of rotatable bonds is 3. The lowest BCUT2D eigenvalue weighted by Crippen LogP contribution is -2.46. The number of H-pyrrole nitrogens is 1. The number of para-hydroxylation sites is 1. The number of benzene rings is 1. The van der Waals surface area contributed by atoms with Gasteiger partial charge in [-0.3, -0.25) is 9.69 Å². The molecule has 4 rings (SSSR count). The highest BCUT2D eigenvalue weighted by molar-refractivity contribution is 7.18. The summed E-state index contributed by atoms with van der Waals surface area (Å²) in [7, 11) is 0. The number of piperazine rings is 1. The van der Waals surface area contributed by atoms with E-state index in [1.54, 1.807) is 17.4 Å². The highest BCUT2D eigenvalue weighted by atomic mass is 32.1. The van der Waals surface area contributed by atoms with Crippen molar-refractivity contribution < 1.29 is 4.39 Å². The number of aromatic amines is 1. The van der Waals surface area contributed by atoms with Crippen LogP contribution in [0.15, 0.2) is 29.1 Å². The maximum Gasteiger partial charge on any atom is 0.259 e. The number of nitrogens with zero attached hydrogens (tertiary/aromatic N) is 3. The van der Waals surface area contributed by atoms with Crippen LogP contribution in [0.25, 0.3) is 10.2 Å². The van der Waals surface area contributed by atoms with Gasteiger partial charge in [0.25, 0.3) is 5.56 Å². The van der Waals surface area contributed by atoms with Crippen LogP contribution >= 0.6 is 11.3 Å². The van der Waals surface area contributed by atoms with Crippen molar-refractivity contribution in [2.24, 2.45) is 0 Å². The molecule has 5 nitrogen and oxygen atoms in total. The zero-order chi connectivity index (χ0) is 18.3. The van der Waals surface area contributed by atoms with Gasteiger partial charge in [0.05, 0.1) is 17.6 Å². The molecule has 0 spiro atoms. The highest BCUT2D eigenvalue weighted by Gasteiger charge is 2.20. The van der Waals surface area contributed by atoms with Gasteiger partial charge < -0.3 is 9.88 Å². The van der Waals surface area contributed by atoms with Crippen molar-refractivity contribution in [1.82, 2.24) is 14.9 Å². The van der Waals surface area contributed by atoms with Crippen molar-refractivity contribution in [1.29, 1.82) is 0 Å². The summed E-state index contributed by atoms with van der Waals surface area (Å²) in [4.78, 5) is 26.2. The van der Waals surface area contributed by atoms with E-state index in [0.29, 0.717) is 23.4 Å². The zero-order valence-corrected chi connectivity index (χ0v) is 15.7. The SMILES string of the molecule is Cc1sc2nc(CN3CCN(c4ccccc4F)CC3)[nH]c(=O)c2c1C. The van der Waals surface area contributed by atoms with Crippen molar-refractivity contribution in [3.63, 3.8) is 0 Å². The van der Waals surface area contributed by atoms with Crippen LogP contribution in [-0.4, -0.2) is 41.0 Å². The van der Waals surface area contributed by atoms with Crippen LogP contribution in [0, 0.1) is 19.7 Å². The topological polar surface area (TPSA) is 52.2 Å². The smallest absolute Gasteiger partial charge is 0.259 e. The third kappa shape index (κ3) is 3.12. The summed E-state index contributed by atoms with van der Waals surface area (Å²) in [6.07, 6.45) is 0. The van der Waals surface area contributed by atoms with E-state index in [1.165, 1.54) is 6.07 Å². The van der Waals surface area contributed by atoms with E-state index in [0.717, 1.165) is 41.5 Å². The predicted molar refractivity (Wildman–Crippen MR) is 104 cm³/mol. The second-order valence-electron chi connectivity index (χ2n) is 6.69. The van der Waals surface area contributed by atoms with Gasteiger partial charge in [0.2, 0.25) is 0 Å². The van der Waals surface area contributed by atoms with Crippen LogP contribution in [0.5, 0.6) is 0 Å². The Morgan fingerprint density at radius 1 is 1.19 bits per heavy atom. The number of fused-ring (bicyclic) bond motifs is 1. The first-order valence-electron chi connectivity index (χ1n) is 8.73. The fraction of sp³-hybridized carbons (Fsp3) is 0.368. The van der Waals surface area contributed by atoms with Gasteiger partial charge in [-0.2, -0.15) is 0 Å². The molecule has 3 aromatic rings. The fourth-order valence-electron chi connectivity index (χ4n) is 3.44. The van der Waals surface area contributed by atoms with Crippen LogP contribution in [0.3, 0.4) is 0 Å². The number of anilines is 1. The maximum absolute atomic E-state index is 13.9. The molecule has 1 N–H and O–H groups in total. The Morgan fingerprint density at radius 2 is 1.92 bits per heavy atom. The summed E-state index contributed by atoms with van der Waals surface area (Å²) < 4.78 is 13.9. The molecule has 0 bridgehead atoms. The Balaban J connectivity index is 1.47. The van der Waals surface area contributed by atoms with Crippen LogP contribution < -0.4 is 10.5 Å². The molecule has 136 valence electrons. The van der Waals surface area contributed by atoms with Gasteiger partial charge in [0, 0.05) is 31.1 Å². The molecule has 1 fully saturated rings. The van der Waals surface area contributed by atoms with Crippen LogP contribution in [0.4, 0.5) is 10.1 Å². The number of nitrogens with one attached hydrogen (secondary N) is 1. The first kappa shape index (κ1) is 17.2. The molecule has 1 aliphatic rings. The van der Waals surface area contributed by atoms with E-state index in [4.69, 9.17) is 0 Å². The number of halogens is 1. The largest absolute Gasteiger partial charge is 0.367 e. The molecule has 0 radical (unpaired) electrons. The second kappa shape index (κ2) is 6.81. The van der Waals surface area contributed by atoms with E-state index in [1.807, 2.05) is 26.0 Å². The minimum atomic E-state index is -0.180. The Kier molecular flexibility index (Phi) is 4.50. The summed E-state index contributed by atoms with van der Waals surface area (Å²) in [6, 6.07) is 6.89. The third-order valence-electron chi connectivity index (χ3n) is 5.03. The molecule has 7 heteroatoms. The molecular weight excluding hydrogens is 351 g/mol. The van der Waals surface area contributed by atoms with Gasteiger partial charge in [-0.1, -0.05) is 12.1 Å². The Labute approximate surface area is 155 Å². The lowest BCUT2D eigenvalue weighted by molar-refractivity contribution is 0.243. The molecule has 0 amide bonds. The first-order chi connectivity index (χ1) is 12.5. The van der Waals surface area contributed by atoms with Crippen LogP contribution in [0.2, 0.25) is 0 Å². The normalized spacial score (nSPS) is 15.7. The first-order valence-corrected chi connectivity index (χ1v) is 9.55. The molecule has 0 saturated carbocycles. The average molecular weight is 372 g/mol. The Hall–Kier alpha value is -2.25. The summed E-state index contributed by atoms with van der Waals surface area (Å²) in [5.74, 6) is 0.518. The molecular formula is C19H21FN4OS. The molecule has 0 unspecified atom stereocenters. The molecule has 2 aromatic heterocycles. The van der Waals surface area contributed by atoms with Gasteiger partial charge in [-0.05, 0) is 31.5 Å². The third-order valence-corrected chi connectivity index (χ3v) is 6.13. The van der Waals surface area contributed by atoms with Crippen LogP contribution in [-0.2, 0) is 6.54 Å². The molecule has 1 aromatic carbocycles. The molecule has 0 aliphatic carbocycles. The monoisotopic (exact) mass is 372 g/mol. The number of thiophene rings is 1.